The van der Waals surface area contributed by atoms with Gasteiger partial charge in [-0.25, -0.2) is 0 Å². The molecule has 1 amide bonds. The molecule has 1 unspecified atom stereocenters. The second-order valence-electron chi connectivity index (χ2n) is 5.82. The quantitative estimate of drug-likeness (QED) is 0.833. The Hall–Kier alpha value is -1.76. The molecule has 1 atom stereocenters. The van der Waals surface area contributed by atoms with E-state index in [9.17, 15) is 22.8 Å². The predicted molar refractivity (Wildman–Crippen MR) is 84.9 cm³/mol. The summed E-state index contributed by atoms with van der Waals surface area (Å²) in [5, 5.41) is 2.14. The second kappa shape index (κ2) is 7.42. The van der Waals surface area contributed by atoms with E-state index >= 15 is 0 Å². The van der Waals surface area contributed by atoms with E-state index in [1.807, 2.05) is 6.92 Å². The minimum atomic E-state index is -4.64. The molecule has 1 aliphatic rings. The summed E-state index contributed by atoms with van der Waals surface area (Å²) in [6, 6.07) is 0.350. The van der Waals surface area contributed by atoms with Crippen LogP contribution in [0.4, 0.5) is 13.2 Å². The van der Waals surface area contributed by atoms with Crippen molar-refractivity contribution in [3.05, 3.63) is 44.9 Å². The molecule has 1 aromatic rings. The number of carbonyl (C=O) groups excluding carboxylic acids is 1. The summed E-state index contributed by atoms with van der Waals surface area (Å²) in [6.07, 6.45) is 2.04. The van der Waals surface area contributed by atoms with Gasteiger partial charge >= 0.3 is 6.18 Å². The Bertz CT molecular complexity index is 710. The first-order chi connectivity index (χ1) is 11.2. The molecule has 0 aromatic carbocycles. The van der Waals surface area contributed by atoms with Crippen LogP contribution in [0.25, 0.3) is 0 Å². The lowest BCUT2D eigenvalue weighted by molar-refractivity contribution is -0.138. The molecule has 0 saturated heterocycles. The number of nitrogens with zero attached hydrogens (tertiary/aromatic N) is 1. The van der Waals surface area contributed by atoms with Crippen molar-refractivity contribution < 1.29 is 18.0 Å². The van der Waals surface area contributed by atoms with Gasteiger partial charge in [0.05, 0.1) is 5.56 Å². The molecule has 0 bridgehead atoms. The number of halogens is 4. The number of carbonyl (C=O) groups is 1. The van der Waals surface area contributed by atoms with E-state index in [1.165, 1.54) is 0 Å². The number of alkyl halides is 3. The Labute approximate surface area is 142 Å². The molecule has 4 nitrogen and oxygen atoms in total. The third-order valence-electron chi connectivity index (χ3n) is 3.94. The molecule has 24 heavy (non-hydrogen) atoms. The van der Waals surface area contributed by atoms with E-state index in [-0.39, 0.29) is 6.04 Å². The fourth-order valence-corrected chi connectivity index (χ4v) is 2.89. The third-order valence-corrected chi connectivity index (χ3v) is 4.21. The molecular weight excluding hydrogens is 345 g/mol. The molecule has 1 aliphatic carbocycles. The molecule has 1 N–H and O–H groups in total. The highest BCUT2D eigenvalue weighted by Gasteiger charge is 2.32. The number of pyridine rings is 1. The van der Waals surface area contributed by atoms with Crippen LogP contribution in [0.5, 0.6) is 0 Å². The van der Waals surface area contributed by atoms with Crippen LogP contribution in [-0.4, -0.2) is 16.5 Å². The maximum atomic E-state index is 12.8. The molecule has 132 valence electrons. The highest BCUT2D eigenvalue weighted by molar-refractivity contribution is 6.30. The SMILES string of the molecule is CC(NC(=O)Cn1cc(C(F)(F)F)cc(Cl)c1=O)C1=CCCCC1. The molecule has 2 rings (SSSR count). The van der Waals surface area contributed by atoms with E-state index in [1.54, 1.807) is 0 Å². The number of hydrogen-bond donors (Lipinski definition) is 1. The highest BCUT2D eigenvalue weighted by atomic mass is 35.5. The fourth-order valence-electron chi connectivity index (χ4n) is 2.66. The molecule has 0 radical (unpaired) electrons. The summed E-state index contributed by atoms with van der Waals surface area (Å²) in [4.78, 5) is 23.9. The Balaban J connectivity index is 2.12. The first-order valence-corrected chi connectivity index (χ1v) is 8.01. The van der Waals surface area contributed by atoms with Gasteiger partial charge in [0.15, 0.2) is 0 Å². The number of aromatic nitrogens is 1. The van der Waals surface area contributed by atoms with Crippen LogP contribution in [0.2, 0.25) is 5.02 Å². The molecular formula is C16H18ClF3N2O2. The average molecular weight is 363 g/mol. The van der Waals surface area contributed by atoms with Crippen LogP contribution in [0.3, 0.4) is 0 Å². The minimum absolute atomic E-state index is 0.213. The Kier molecular flexibility index (Phi) is 5.74. The normalized spacial score (nSPS) is 16.5. The van der Waals surface area contributed by atoms with Crippen molar-refractivity contribution >= 4 is 17.5 Å². The summed E-state index contributed by atoms with van der Waals surface area (Å²) < 4.78 is 39.0. The van der Waals surface area contributed by atoms with Crippen molar-refractivity contribution in [1.29, 1.82) is 0 Å². The van der Waals surface area contributed by atoms with Gasteiger partial charge in [-0.1, -0.05) is 23.3 Å². The summed E-state index contributed by atoms with van der Waals surface area (Å²) in [5.74, 6) is -0.536. The van der Waals surface area contributed by atoms with Gasteiger partial charge < -0.3 is 9.88 Å². The first kappa shape index (κ1) is 18.6. The molecule has 0 spiro atoms. The third kappa shape index (κ3) is 4.63. The second-order valence-corrected chi connectivity index (χ2v) is 6.23. The largest absolute Gasteiger partial charge is 0.417 e. The Morgan fingerprint density at radius 1 is 1.42 bits per heavy atom. The smallest absolute Gasteiger partial charge is 0.348 e. The van der Waals surface area contributed by atoms with Crippen LogP contribution in [0, 0.1) is 0 Å². The number of hydrogen-bond acceptors (Lipinski definition) is 2. The fraction of sp³-hybridized carbons (Fsp3) is 0.500. The van der Waals surface area contributed by atoms with Gasteiger partial charge in [-0.05, 0) is 38.7 Å². The van der Waals surface area contributed by atoms with Crippen LogP contribution in [0.1, 0.15) is 38.2 Å². The zero-order valence-electron chi connectivity index (χ0n) is 13.1. The molecule has 0 saturated carbocycles. The number of nitrogens with one attached hydrogen (secondary N) is 1. The van der Waals surface area contributed by atoms with Crippen molar-refractivity contribution in [3.8, 4) is 0 Å². The van der Waals surface area contributed by atoms with Crippen molar-refractivity contribution in [3.63, 3.8) is 0 Å². The zero-order chi connectivity index (χ0) is 17.9. The van der Waals surface area contributed by atoms with E-state index in [0.29, 0.717) is 16.8 Å². The monoisotopic (exact) mass is 362 g/mol. The van der Waals surface area contributed by atoms with Gasteiger partial charge in [0.1, 0.15) is 11.6 Å². The van der Waals surface area contributed by atoms with Crippen LogP contribution >= 0.6 is 11.6 Å². The van der Waals surface area contributed by atoms with Crippen LogP contribution < -0.4 is 10.9 Å². The topological polar surface area (TPSA) is 51.1 Å². The van der Waals surface area contributed by atoms with Gasteiger partial charge in [0, 0.05) is 12.2 Å². The van der Waals surface area contributed by atoms with Crippen molar-refractivity contribution in [1.82, 2.24) is 9.88 Å². The van der Waals surface area contributed by atoms with Gasteiger partial charge in [-0.15, -0.1) is 0 Å². The molecule has 0 fully saturated rings. The van der Waals surface area contributed by atoms with Crippen LogP contribution in [-0.2, 0) is 17.5 Å². The van der Waals surface area contributed by atoms with Crippen molar-refractivity contribution in [2.75, 3.05) is 0 Å². The van der Waals surface area contributed by atoms with Crippen molar-refractivity contribution in [2.45, 2.75) is 51.4 Å². The van der Waals surface area contributed by atoms with Gasteiger partial charge in [0.2, 0.25) is 5.91 Å². The van der Waals surface area contributed by atoms with E-state index in [0.717, 1.165) is 31.3 Å². The van der Waals surface area contributed by atoms with E-state index in [4.69, 9.17) is 11.6 Å². The predicted octanol–water partition coefficient (Wildman–Crippen LogP) is 3.53. The minimum Gasteiger partial charge on any atom is -0.348 e. The number of amides is 1. The molecule has 0 aliphatic heterocycles. The first-order valence-electron chi connectivity index (χ1n) is 7.64. The maximum absolute atomic E-state index is 12.8. The Morgan fingerprint density at radius 2 is 2.12 bits per heavy atom. The van der Waals surface area contributed by atoms with E-state index in [2.05, 4.69) is 11.4 Å². The lowest BCUT2D eigenvalue weighted by Gasteiger charge is -2.21. The lowest BCUT2D eigenvalue weighted by atomic mass is 9.95. The zero-order valence-corrected chi connectivity index (χ0v) is 13.9. The summed E-state index contributed by atoms with van der Waals surface area (Å²) >= 11 is 5.56. The highest BCUT2D eigenvalue weighted by Crippen LogP contribution is 2.29. The summed E-state index contributed by atoms with van der Waals surface area (Å²) in [6.45, 7) is 1.30. The number of allylic oxidation sites excluding steroid dienone is 1. The van der Waals surface area contributed by atoms with Gasteiger partial charge in [-0.2, -0.15) is 13.2 Å². The lowest BCUT2D eigenvalue weighted by Crippen LogP contribution is -2.38. The summed E-state index contributed by atoms with van der Waals surface area (Å²) in [7, 11) is 0. The summed E-state index contributed by atoms with van der Waals surface area (Å²) in [5.41, 5.74) is -0.795. The molecule has 1 aromatic heterocycles. The maximum Gasteiger partial charge on any atom is 0.417 e. The number of rotatable bonds is 4. The van der Waals surface area contributed by atoms with E-state index < -0.39 is 34.8 Å². The van der Waals surface area contributed by atoms with Crippen LogP contribution in [0.15, 0.2) is 28.7 Å². The Morgan fingerprint density at radius 3 is 2.71 bits per heavy atom. The van der Waals surface area contributed by atoms with Crippen molar-refractivity contribution in [2.24, 2.45) is 0 Å². The standard InChI is InChI=1S/C16H18ClF3N2O2/c1-10(11-5-3-2-4-6-11)21-14(23)9-22-8-12(16(18,19)20)7-13(17)15(22)24/h5,7-8,10H,2-4,6,9H2,1H3,(H,21,23). The van der Waals surface area contributed by atoms with Gasteiger partial charge in [0.25, 0.3) is 5.56 Å². The van der Waals surface area contributed by atoms with Gasteiger partial charge in [-0.3, -0.25) is 9.59 Å². The molecule has 8 heteroatoms. The average Bonchev–Trinajstić information content (AvgIpc) is 2.51. The molecule has 1 heterocycles.